The summed E-state index contributed by atoms with van der Waals surface area (Å²) >= 11 is 0. The van der Waals surface area contributed by atoms with Crippen LogP contribution >= 0.6 is 0 Å². The lowest BCUT2D eigenvalue weighted by Crippen LogP contribution is -2.08. The van der Waals surface area contributed by atoms with Gasteiger partial charge < -0.3 is 9.67 Å². The van der Waals surface area contributed by atoms with Gasteiger partial charge in [0.25, 0.3) is 0 Å². The fraction of sp³-hybridized carbons (Fsp3) is 0.357. The first-order valence-electron chi connectivity index (χ1n) is 5.85. The van der Waals surface area contributed by atoms with Crippen molar-refractivity contribution in [2.24, 2.45) is 7.05 Å². The number of aliphatic hydroxyl groups is 1. The standard InChI is InChI=1S/C14H18N2O/c1-10(2)14-15-9-12(16(14)3)13(17)11-7-5-4-6-8-11/h4-10,13,17H,1-3H3/t13-/m1/s1. The third-order valence-corrected chi connectivity index (χ3v) is 2.97. The molecule has 0 saturated carbocycles. The molecule has 1 heterocycles. The molecule has 2 rings (SSSR count). The Morgan fingerprint density at radius 2 is 1.82 bits per heavy atom. The Bertz CT molecular complexity index is 488. The quantitative estimate of drug-likeness (QED) is 0.880. The number of hydrogen-bond acceptors (Lipinski definition) is 2. The molecule has 3 nitrogen and oxygen atoms in total. The van der Waals surface area contributed by atoms with Crippen LogP contribution < -0.4 is 0 Å². The van der Waals surface area contributed by atoms with Crippen LogP contribution in [0.4, 0.5) is 0 Å². The minimum absolute atomic E-state index is 0.358. The molecule has 17 heavy (non-hydrogen) atoms. The summed E-state index contributed by atoms with van der Waals surface area (Å²) in [6.07, 6.45) is 1.15. The van der Waals surface area contributed by atoms with Gasteiger partial charge in [0.1, 0.15) is 11.9 Å². The molecule has 2 aromatic rings. The maximum Gasteiger partial charge on any atom is 0.121 e. The van der Waals surface area contributed by atoms with Crippen LogP contribution in [0.3, 0.4) is 0 Å². The van der Waals surface area contributed by atoms with Crippen LogP contribution in [0.1, 0.15) is 43.0 Å². The highest BCUT2D eigenvalue weighted by atomic mass is 16.3. The van der Waals surface area contributed by atoms with Gasteiger partial charge in [-0.15, -0.1) is 0 Å². The summed E-state index contributed by atoms with van der Waals surface area (Å²) in [6, 6.07) is 9.65. The normalized spacial score (nSPS) is 13.0. The number of nitrogens with zero attached hydrogens (tertiary/aromatic N) is 2. The molecular weight excluding hydrogens is 212 g/mol. The molecule has 3 heteroatoms. The van der Waals surface area contributed by atoms with Crippen LogP contribution in [0.2, 0.25) is 0 Å². The molecule has 0 aliphatic rings. The highest BCUT2D eigenvalue weighted by Crippen LogP contribution is 2.24. The van der Waals surface area contributed by atoms with E-state index >= 15 is 0 Å². The molecule has 0 bridgehead atoms. The number of aliphatic hydroxyl groups excluding tert-OH is 1. The van der Waals surface area contributed by atoms with Crippen molar-refractivity contribution in [2.45, 2.75) is 25.9 Å². The van der Waals surface area contributed by atoms with Crippen LogP contribution in [-0.2, 0) is 7.05 Å². The third kappa shape index (κ3) is 2.24. The molecule has 0 aliphatic heterocycles. The summed E-state index contributed by atoms with van der Waals surface area (Å²) < 4.78 is 1.97. The number of benzene rings is 1. The van der Waals surface area contributed by atoms with Crippen molar-refractivity contribution in [3.05, 3.63) is 53.6 Å². The lowest BCUT2D eigenvalue weighted by atomic mass is 10.1. The van der Waals surface area contributed by atoms with Crippen molar-refractivity contribution in [1.29, 1.82) is 0 Å². The number of hydrogen-bond donors (Lipinski definition) is 1. The summed E-state index contributed by atoms with van der Waals surface area (Å²) in [4.78, 5) is 4.36. The Hall–Kier alpha value is -1.61. The van der Waals surface area contributed by atoms with E-state index in [0.717, 1.165) is 17.1 Å². The summed E-state index contributed by atoms with van der Waals surface area (Å²) in [5.74, 6) is 1.35. The predicted molar refractivity (Wildman–Crippen MR) is 67.8 cm³/mol. The molecule has 0 saturated heterocycles. The Labute approximate surface area is 102 Å². The van der Waals surface area contributed by atoms with Crippen LogP contribution in [0.25, 0.3) is 0 Å². The Morgan fingerprint density at radius 3 is 2.35 bits per heavy atom. The van der Waals surface area contributed by atoms with Crippen LogP contribution in [0.15, 0.2) is 36.5 Å². The smallest absolute Gasteiger partial charge is 0.121 e. The molecule has 0 fully saturated rings. The van der Waals surface area contributed by atoms with Crippen LogP contribution in [0.5, 0.6) is 0 Å². The molecule has 90 valence electrons. The van der Waals surface area contributed by atoms with Crippen LogP contribution in [0, 0.1) is 0 Å². The average Bonchev–Trinajstić information content (AvgIpc) is 2.71. The first-order valence-corrected chi connectivity index (χ1v) is 5.85. The fourth-order valence-electron chi connectivity index (χ4n) is 2.03. The van der Waals surface area contributed by atoms with Crippen molar-refractivity contribution in [1.82, 2.24) is 9.55 Å². The van der Waals surface area contributed by atoms with Gasteiger partial charge in [0, 0.05) is 13.0 Å². The molecule has 0 radical (unpaired) electrons. The van der Waals surface area contributed by atoms with E-state index in [-0.39, 0.29) is 0 Å². The minimum Gasteiger partial charge on any atom is -0.382 e. The van der Waals surface area contributed by atoms with Gasteiger partial charge in [-0.25, -0.2) is 4.98 Å². The van der Waals surface area contributed by atoms with Gasteiger partial charge in [0.05, 0.1) is 11.9 Å². The fourth-order valence-corrected chi connectivity index (χ4v) is 2.03. The second-order valence-corrected chi connectivity index (χ2v) is 4.57. The molecular formula is C14H18N2O. The van der Waals surface area contributed by atoms with Crippen LogP contribution in [-0.4, -0.2) is 14.7 Å². The Morgan fingerprint density at radius 1 is 1.18 bits per heavy atom. The first-order chi connectivity index (χ1) is 8.11. The lowest BCUT2D eigenvalue weighted by molar-refractivity contribution is 0.211. The third-order valence-electron chi connectivity index (χ3n) is 2.97. The van der Waals surface area contributed by atoms with E-state index in [1.165, 1.54) is 0 Å². The van der Waals surface area contributed by atoms with Gasteiger partial charge in [-0.2, -0.15) is 0 Å². The van der Waals surface area contributed by atoms with Crippen molar-refractivity contribution in [3.8, 4) is 0 Å². The van der Waals surface area contributed by atoms with Gasteiger partial charge >= 0.3 is 0 Å². The number of imidazole rings is 1. The van der Waals surface area contributed by atoms with Crippen molar-refractivity contribution < 1.29 is 5.11 Å². The molecule has 0 unspecified atom stereocenters. The maximum absolute atomic E-state index is 10.3. The van der Waals surface area contributed by atoms with E-state index < -0.39 is 6.10 Å². The molecule has 1 N–H and O–H groups in total. The van der Waals surface area contributed by atoms with Gasteiger partial charge in [0.15, 0.2) is 0 Å². The second-order valence-electron chi connectivity index (χ2n) is 4.57. The van der Waals surface area contributed by atoms with E-state index in [0.29, 0.717) is 5.92 Å². The summed E-state index contributed by atoms with van der Waals surface area (Å²) in [5, 5.41) is 10.3. The van der Waals surface area contributed by atoms with E-state index in [2.05, 4.69) is 18.8 Å². The summed E-state index contributed by atoms with van der Waals surface area (Å²) in [6.45, 7) is 4.20. The monoisotopic (exact) mass is 230 g/mol. The van der Waals surface area contributed by atoms with Crippen molar-refractivity contribution in [2.75, 3.05) is 0 Å². The first kappa shape index (κ1) is 11.9. The Kier molecular flexibility index (Phi) is 3.29. The Balaban J connectivity index is 2.35. The molecule has 0 spiro atoms. The van der Waals surface area contributed by atoms with E-state index in [1.807, 2.05) is 41.9 Å². The minimum atomic E-state index is -0.610. The van der Waals surface area contributed by atoms with Gasteiger partial charge in [0.2, 0.25) is 0 Å². The van der Waals surface area contributed by atoms with E-state index in [4.69, 9.17) is 0 Å². The second kappa shape index (κ2) is 4.72. The van der Waals surface area contributed by atoms with E-state index in [9.17, 15) is 5.11 Å². The lowest BCUT2D eigenvalue weighted by Gasteiger charge is -2.13. The predicted octanol–water partition coefficient (Wildman–Crippen LogP) is 2.63. The molecule has 1 atom stereocenters. The largest absolute Gasteiger partial charge is 0.382 e. The van der Waals surface area contributed by atoms with Gasteiger partial charge in [-0.1, -0.05) is 44.2 Å². The van der Waals surface area contributed by atoms with E-state index in [1.54, 1.807) is 6.20 Å². The summed E-state index contributed by atoms with van der Waals surface area (Å²) in [7, 11) is 1.95. The number of rotatable bonds is 3. The SMILES string of the molecule is CC(C)c1ncc([C@H](O)c2ccccc2)n1C. The zero-order valence-electron chi connectivity index (χ0n) is 10.5. The van der Waals surface area contributed by atoms with Crippen molar-refractivity contribution in [3.63, 3.8) is 0 Å². The molecule has 0 aliphatic carbocycles. The maximum atomic E-state index is 10.3. The van der Waals surface area contributed by atoms with Gasteiger partial charge in [-0.3, -0.25) is 0 Å². The number of aromatic nitrogens is 2. The highest BCUT2D eigenvalue weighted by molar-refractivity contribution is 5.26. The molecule has 0 amide bonds. The summed E-state index contributed by atoms with van der Waals surface area (Å²) in [5.41, 5.74) is 1.73. The van der Waals surface area contributed by atoms with Gasteiger partial charge in [-0.05, 0) is 5.56 Å². The average molecular weight is 230 g/mol. The zero-order valence-corrected chi connectivity index (χ0v) is 10.5. The van der Waals surface area contributed by atoms with Crippen molar-refractivity contribution >= 4 is 0 Å². The topological polar surface area (TPSA) is 38.1 Å². The molecule has 1 aromatic carbocycles. The highest BCUT2D eigenvalue weighted by Gasteiger charge is 2.17. The molecule has 1 aromatic heterocycles. The zero-order chi connectivity index (χ0) is 12.4.